The molecule has 0 saturated heterocycles. The van der Waals surface area contributed by atoms with Gasteiger partial charge in [-0.1, -0.05) is 54.2 Å². The van der Waals surface area contributed by atoms with Gasteiger partial charge in [0, 0.05) is 0 Å². The molecule has 0 aliphatic heterocycles. The maximum absolute atomic E-state index is 12.4. The molecule has 1 atom stereocenters. The molecule has 2 rings (SSSR count). The van der Waals surface area contributed by atoms with E-state index in [9.17, 15) is 8.42 Å². The molecule has 2 aromatic rings. The highest BCUT2D eigenvalue weighted by Crippen LogP contribution is 2.35. The van der Waals surface area contributed by atoms with Crippen LogP contribution in [0.3, 0.4) is 0 Å². The van der Waals surface area contributed by atoms with Gasteiger partial charge in [0.2, 0.25) is 0 Å². The number of benzene rings is 1. The highest BCUT2D eigenvalue weighted by atomic mass is 79.9. The van der Waals surface area contributed by atoms with E-state index in [1.54, 1.807) is 24.3 Å². The van der Waals surface area contributed by atoms with Crippen LogP contribution < -0.4 is 10.5 Å². The molecular formula is C12H10BrClN2O2S3. The lowest BCUT2D eigenvalue weighted by atomic mass is 10.1. The van der Waals surface area contributed by atoms with Crippen LogP contribution in [-0.2, 0) is 10.0 Å². The van der Waals surface area contributed by atoms with Crippen molar-refractivity contribution in [1.82, 2.24) is 4.72 Å². The smallest absolute Gasteiger partial charge is 0.251 e. The minimum Gasteiger partial charge on any atom is -0.392 e. The second-order valence-electron chi connectivity index (χ2n) is 4.05. The molecule has 0 bridgehead atoms. The molecule has 1 unspecified atom stereocenters. The summed E-state index contributed by atoms with van der Waals surface area (Å²) in [5.74, 6) is 0. The lowest BCUT2D eigenvalue weighted by Gasteiger charge is -2.17. The minimum atomic E-state index is -3.77. The first kappa shape index (κ1) is 16.9. The number of nitrogens with one attached hydrogen (secondary N) is 1. The molecule has 0 aliphatic carbocycles. The maximum atomic E-state index is 12.4. The van der Waals surface area contributed by atoms with Gasteiger partial charge in [-0.25, -0.2) is 8.42 Å². The third kappa shape index (κ3) is 4.02. The molecule has 0 saturated carbocycles. The number of nitrogens with two attached hydrogens (primary N) is 1. The van der Waals surface area contributed by atoms with Crippen molar-refractivity contribution in [2.24, 2.45) is 5.73 Å². The Morgan fingerprint density at radius 1 is 1.38 bits per heavy atom. The van der Waals surface area contributed by atoms with Crippen LogP contribution in [0.1, 0.15) is 11.6 Å². The van der Waals surface area contributed by atoms with Crippen LogP contribution in [0.15, 0.2) is 44.4 Å². The van der Waals surface area contributed by atoms with Crippen LogP contribution in [0, 0.1) is 0 Å². The van der Waals surface area contributed by atoms with Gasteiger partial charge < -0.3 is 5.73 Å². The van der Waals surface area contributed by atoms with Crippen LogP contribution in [-0.4, -0.2) is 13.4 Å². The SMILES string of the molecule is NC(=S)C(NS(=O)(=O)c1cc(Cl)c(Br)s1)c1ccccc1. The minimum absolute atomic E-state index is 0.0477. The fourth-order valence-electron chi connectivity index (χ4n) is 1.61. The molecule has 4 nitrogen and oxygen atoms in total. The molecule has 1 aromatic heterocycles. The normalized spacial score (nSPS) is 13.0. The molecule has 0 aliphatic rings. The topological polar surface area (TPSA) is 72.2 Å². The van der Waals surface area contributed by atoms with Crippen molar-refractivity contribution < 1.29 is 8.42 Å². The third-order valence-electron chi connectivity index (χ3n) is 2.58. The Labute approximate surface area is 145 Å². The van der Waals surface area contributed by atoms with Gasteiger partial charge in [0.05, 0.1) is 19.8 Å². The molecule has 9 heteroatoms. The number of sulfonamides is 1. The summed E-state index contributed by atoms with van der Waals surface area (Å²) in [5.41, 5.74) is 6.34. The molecular weight excluding hydrogens is 416 g/mol. The van der Waals surface area contributed by atoms with Crippen molar-refractivity contribution in [1.29, 1.82) is 0 Å². The van der Waals surface area contributed by atoms with Crippen molar-refractivity contribution in [2.75, 3.05) is 0 Å². The van der Waals surface area contributed by atoms with Gasteiger partial charge >= 0.3 is 0 Å². The monoisotopic (exact) mass is 424 g/mol. The quantitative estimate of drug-likeness (QED) is 0.720. The number of hydrogen-bond acceptors (Lipinski definition) is 4. The van der Waals surface area contributed by atoms with E-state index in [1.807, 2.05) is 6.07 Å². The average molecular weight is 426 g/mol. The molecule has 1 aromatic carbocycles. The van der Waals surface area contributed by atoms with E-state index in [4.69, 9.17) is 29.6 Å². The first-order valence-electron chi connectivity index (χ1n) is 5.62. The van der Waals surface area contributed by atoms with Crippen molar-refractivity contribution in [3.8, 4) is 0 Å². The van der Waals surface area contributed by atoms with E-state index >= 15 is 0 Å². The summed E-state index contributed by atoms with van der Waals surface area (Å²) in [6.07, 6.45) is 0. The zero-order chi connectivity index (χ0) is 15.6. The van der Waals surface area contributed by atoms with Gasteiger partial charge in [0.25, 0.3) is 10.0 Å². The zero-order valence-corrected chi connectivity index (χ0v) is 15.2. The summed E-state index contributed by atoms with van der Waals surface area (Å²) in [7, 11) is -3.77. The number of halogens is 2. The first-order chi connectivity index (χ1) is 9.81. The first-order valence-corrected chi connectivity index (χ1v) is 9.50. The van der Waals surface area contributed by atoms with Crippen molar-refractivity contribution in [3.63, 3.8) is 0 Å². The van der Waals surface area contributed by atoms with E-state index in [2.05, 4.69) is 20.7 Å². The number of thiocarbonyl (C=S) groups is 1. The standard InChI is InChI=1S/C12H10BrClN2O2S3/c13-11-8(14)6-9(20-11)21(17,18)16-10(12(15)19)7-4-2-1-3-5-7/h1-6,10,16H,(H2,15,19). The Kier molecular flexibility index (Phi) is 5.39. The lowest BCUT2D eigenvalue weighted by Crippen LogP contribution is -2.36. The highest BCUT2D eigenvalue weighted by molar-refractivity contribution is 9.11. The van der Waals surface area contributed by atoms with Crippen LogP contribution in [0.25, 0.3) is 0 Å². The number of rotatable bonds is 5. The molecule has 0 spiro atoms. The van der Waals surface area contributed by atoms with Crippen LogP contribution in [0.4, 0.5) is 0 Å². The highest BCUT2D eigenvalue weighted by Gasteiger charge is 2.25. The fourth-order valence-corrected chi connectivity index (χ4v) is 5.50. The molecule has 0 fully saturated rings. The predicted molar refractivity (Wildman–Crippen MR) is 93.3 cm³/mol. The van der Waals surface area contributed by atoms with Gasteiger partial charge in [0.15, 0.2) is 0 Å². The van der Waals surface area contributed by atoms with E-state index < -0.39 is 16.1 Å². The lowest BCUT2D eigenvalue weighted by molar-refractivity contribution is 0.579. The van der Waals surface area contributed by atoms with Gasteiger partial charge in [-0.05, 0) is 27.6 Å². The van der Waals surface area contributed by atoms with E-state index in [1.165, 1.54) is 6.07 Å². The summed E-state index contributed by atoms with van der Waals surface area (Å²) in [4.78, 5) is 0.0477. The number of thiophene rings is 1. The largest absolute Gasteiger partial charge is 0.392 e. The van der Waals surface area contributed by atoms with Crippen LogP contribution in [0.2, 0.25) is 5.02 Å². The summed E-state index contributed by atoms with van der Waals surface area (Å²) < 4.78 is 27.9. The van der Waals surface area contributed by atoms with Gasteiger partial charge in [0.1, 0.15) is 4.21 Å². The summed E-state index contributed by atoms with van der Waals surface area (Å²) in [6.45, 7) is 0. The molecule has 21 heavy (non-hydrogen) atoms. The van der Waals surface area contributed by atoms with Crippen LogP contribution in [0.5, 0.6) is 0 Å². The summed E-state index contributed by atoms with van der Waals surface area (Å²) >= 11 is 15.1. The molecule has 1 heterocycles. The Morgan fingerprint density at radius 3 is 2.48 bits per heavy atom. The molecule has 0 radical (unpaired) electrons. The van der Waals surface area contributed by atoms with E-state index in [-0.39, 0.29) is 9.20 Å². The second kappa shape index (κ2) is 6.72. The zero-order valence-electron chi connectivity index (χ0n) is 10.4. The summed E-state index contributed by atoms with van der Waals surface area (Å²) in [6, 6.07) is 9.50. The second-order valence-corrected chi connectivity index (χ2v) is 9.24. The Bertz CT molecular complexity index is 743. The Hall–Kier alpha value is -0.510. The molecule has 0 amide bonds. The molecule has 3 N–H and O–H groups in total. The van der Waals surface area contributed by atoms with Crippen molar-refractivity contribution >= 4 is 66.1 Å². The van der Waals surface area contributed by atoms with Crippen LogP contribution >= 0.6 is 51.1 Å². The van der Waals surface area contributed by atoms with Gasteiger partial charge in [-0.15, -0.1) is 11.3 Å². The van der Waals surface area contributed by atoms with Crippen molar-refractivity contribution in [2.45, 2.75) is 10.3 Å². The fraction of sp³-hybridized carbons (Fsp3) is 0.0833. The Balaban J connectivity index is 2.35. The number of hydrogen-bond donors (Lipinski definition) is 2. The predicted octanol–water partition coefficient (Wildman–Crippen LogP) is 3.47. The van der Waals surface area contributed by atoms with Gasteiger partial charge in [-0.2, -0.15) is 4.72 Å². The average Bonchev–Trinajstić information content (AvgIpc) is 2.78. The van der Waals surface area contributed by atoms with E-state index in [0.29, 0.717) is 14.4 Å². The van der Waals surface area contributed by atoms with Crippen molar-refractivity contribution in [3.05, 3.63) is 50.8 Å². The maximum Gasteiger partial charge on any atom is 0.251 e. The summed E-state index contributed by atoms with van der Waals surface area (Å²) in [5, 5.41) is 0.340. The van der Waals surface area contributed by atoms with E-state index in [0.717, 1.165) is 11.3 Å². The van der Waals surface area contributed by atoms with Gasteiger partial charge in [-0.3, -0.25) is 0 Å². The third-order valence-corrected chi connectivity index (χ3v) is 7.18. The Morgan fingerprint density at radius 2 is 2.00 bits per heavy atom. The molecule has 112 valence electrons.